The molecule has 0 aliphatic carbocycles. The summed E-state index contributed by atoms with van der Waals surface area (Å²) >= 11 is 9.36. The third kappa shape index (κ3) is 3.14. The lowest BCUT2D eigenvalue weighted by molar-refractivity contribution is 0.355. The highest BCUT2D eigenvalue weighted by Crippen LogP contribution is 2.36. The van der Waals surface area contributed by atoms with Gasteiger partial charge in [-0.25, -0.2) is 0 Å². The van der Waals surface area contributed by atoms with Crippen LogP contribution in [-0.2, 0) is 0 Å². The number of benzene rings is 1. The normalized spacial score (nSPS) is 10.7. The van der Waals surface area contributed by atoms with Crippen LogP contribution < -0.4 is 9.47 Å². The molecule has 0 saturated heterocycles. The number of hydrogen-bond acceptors (Lipinski definition) is 2. The number of alkyl halides is 1. The molecule has 0 saturated carbocycles. The third-order valence-corrected chi connectivity index (χ3v) is 2.51. The van der Waals surface area contributed by atoms with Crippen molar-refractivity contribution in [3.8, 4) is 11.5 Å². The van der Waals surface area contributed by atoms with Crippen molar-refractivity contribution in [1.29, 1.82) is 0 Å². The van der Waals surface area contributed by atoms with Crippen LogP contribution in [0.3, 0.4) is 0 Å². The summed E-state index contributed by atoms with van der Waals surface area (Å²) in [5, 5.41) is 1.35. The van der Waals surface area contributed by atoms with Crippen molar-refractivity contribution in [2.45, 2.75) is 0 Å². The summed E-state index contributed by atoms with van der Waals surface area (Å²) in [5.74, 6) is 1.20. The van der Waals surface area contributed by atoms with Gasteiger partial charge in [-0.3, -0.25) is 0 Å². The van der Waals surface area contributed by atoms with Gasteiger partial charge in [0.15, 0.2) is 11.5 Å². The second-order valence-corrected chi connectivity index (χ2v) is 3.85. The van der Waals surface area contributed by atoms with Crippen LogP contribution in [0.15, 0.2) is 18.2 Å². The van der Waals surface area contributed by atoms with Gasteiger partial charge in [-0.15, -0.1) is 0 Å². The molecule has 1 rings (SSSR count). The zero-order valence-corrected chi connectivity index (χ0v) is 10.9. The van der Waals surface area contributed by atoms with Crippen LogP contribution >= 0.6 is 27.5 Å². The van der Waals surface area contributed by atoms with Gasteiger partial charge in [-0.05, 0) is 17.7 Å². The molecular formula is C11H12BrClO2. The first-order chi connectivity index (χ1) is 7.22. The van der Waals surface area contributed by atoms with E-state index in [4.69, 9.17) is 21.1 Å². The minimum Gasteiger partial charge on any atom is -0.493 e. The van der Waals surface area contributed by atoms with Gasteiger partial charge in [-0.1, -0.05) is 39.7 Å². The smallest absolute Gasteiger partial charge is 0.179 e. The Morgan fingerprint density at radius 1 is 1.33 bits per heavy atom. The van der Waals surface area contributed by atoms with E-state index in [0.29, 0.717) is 16.5 Å². The van der Waals surface area contributed by atoms with Crippen molar-refractivity contribution in [2.75, 3.05) is 19.5 Å². The summed E-state index contributed by atoms with van der Waals surface area (Å²) < 4.78 is 10.3. The predicted molar refractivity (Wildman–Crippen MR) is 67.4 cm³/mol. The van der Waals surface area contributed by atoms with Crippen molar-refractivity contribution in [3.63, 3.8) is 0 Å². The van der Waals surface area contributed by atoms with E-state index in [1.165, 1.54) is 0 Å². The lowest BCUT2D eigenvalue weighted by Crippen LogP contribution is -1.92. The number of ether oxygens (including phenoxy) is 2. The van der Waals surface area contributed by atoms with Crippen molar-refractivity contribution in [2.24, 2.45) is 0 Å². The average Bonchev–Trinajstić information content (AvgIpc) is 2.25. The first-order valence-corrected chi connectivity index (χ1v) is 5.87. The van der Waals surface area contributed by atoms with Crippen LogP contribution in [0, 0.1) is 0 Å². The molecular weight excluding hydrogens is 279 g/mol. The number of halogens is 2. The molecule has 0 unspecified atom stereocenters. The maximum absolute atomic E-state index is 6.04. The van der Waals surface area contributed by atoms with Crippen LogP contribution in [0.4, 0.5) is 0 Å². The van der Waals surface area contributed by atoms with E-state index < -0.39 is 0 Å². The number of rotatable bonds is 4. The SMILES string of the molecule is COc1cc(C=CCBr)cc(Cl)c1OC. The quantitative estimate of drug-likeness (QED) is 0.786. The van der Waals surface area contributed by atoms with Gasteiger partial charge in [0.1, 0.15) is 0 Å². The van der Waals surface area contributed by atoms with E-state index in [0.717, 1.165) is 10.9 Å². The van der Waals surface area contributed by atoms with Gasteiger partial charge < -0.3 is 9.47 Å². The average molecular weight is 292 g/mol. The Kier molecular flexibility index (Phi) is 4.99. The molecule has 0 radical (unpaired) electrons. The zero-order valence-electron chi connectivity index (χ0n) is 8.59. The maximum atomic E-state index is 6.04. The van der Waals surface area contributed by atoms with Crippen LogP contribution in [0.25, 0.3) is 6.08 Å². The number of hydrogen-bond donors (Lipinski definition) is 0. The summed E-state index contributed by atoms with van der Waals surface area (Å²) in [6, 6.07) is 3.71. The summed E-state index contributed by atoms with van der Waals surface area (Å²) in [6.07, 6.45) is 3.94. The number of methoxy groups -OCH3 is 2. The Bertz CT molecular complexity index is 364. The molecule has 0 aliphatic rings. The largest absolute Gasteiger partial charge is 0.493 e. The fraction of sp³-hybridized carbons (Fsp3) is 0.273. The van der Waals surface area contributed by atoms with E-state index in [9.17, 15) is 0 Å². The van der Waals surface area contributed by atoms with Gasteiger partial charge in [0, 0.05) is 5.33 Å². The molecule has 0 aliphatic heterocycles. The zero-order chi connectivity index (χ0) is 11.3. The van der Waals surface area contributed by atoms with Crippen molar-refractivity contribution >= 4 is 33.6 Å². The Hall–Kier alpha value is -0.670. The van der Waals surface area contributed by atoms with E-state index >= 15 is 0 Å². The van der Waals surface area contributed by atoms with E-state index in [1.54, 1.807) is 14.2 Å². The summed E-state index contributed by atoms with van der Waals surface area (Å²) in [4.78, 5) is 0. The second kappa shape index (κ2) is 6.03. The minimum absolute atomic E-state index is 0.547. The molecule has 0 fully saturated rings. The topological polar surface area (TPSA) is 18.5 Å². The Balaban J connectivity index is 3.13. The lowest BCUT2D eigenvalue weighted by Gasteiger charge is -2.10. The maximum Gasteiger partial charge on any atom is 0.179 e. The second-order valence-electron chi connectivity index (χ2n) is 2.79. The van der Waals surface area contributed by atoms with Gasteiger partial charge >= 0.3 is 0 Å². The molecule has 15 heavy (non-hydrogen) atoms. The van der Waals surface area contributed by atoms with E-state index in [2.05, 4.69) is 15.9 Å². The highest BCUT2D eigenvalue weighted by atomic mass is 79.9. The van der Waals surface area contributed by atoms with Crippen LogP contribution in [0.1, 0.15) is 5.56 Å². The Morgan fingerprint density at radius 2 is 2.07 bits per heavy atom. The molecule has 0 amide bonds. The molecule has 0 N–H and O–H groups in total. The Morgan fingerprint density at radius 3 is 2.60 bits per heavy atom. The summed E-state index contributed by atoms with van der Waals surface area (Å²) in [6.45, 7) is 0. The molecule has 82 valence electrons. The molecule has 0 aromatic heterocycles. The van der Waals surface area contributed by atoms with E-state index in [1.807, 2.05) is 24.3 Å². The van der Waals surface area contributed by atoms with Crippen molar-refractivity contribution in [1.82, 2.24) is 0 Å². The monoisotopic (exact) mass is 290 g/mol. The highest BCUT2D eigenvalue weighted by molar-refractivity contribution is 9.09. The molecule has 0 heterocycles. The van der Waals surface area contributed by atoms with Crippen molar-refractivity contribution < 1.29 is 9.47 Å². The predicted octanol–water partition coefficient (Wildman–Crippen LogP) is 3.77. The molecule has 1 aromatic rings. The van der Waals surface area contributed by atoms with Crippen molar-refractivity contribution in [3.05, 3.63) is 28.8 Å². The molecule has 1 aromatic carbocycles. The molecule has 0 spiro atoms. The van der Waals surface area contributed by atoms with Crippen LogP contribution in [0.5, 0.6) is 11.5 Å². The Labute approximate surface area is 103 Å². The van der Waals surface area contributed by atoms with Gasteiger partial charge in [0.25, 0.3) is 0 Å². The molecule has 4 heteroatoms. The van der Waals surface area contributed by atoms with E-state index in [-0.39, 0.29) is 0 Å². The molecule has 0 atom stereocenters. The fourth-order valence-electron chi connectivity index (χ4n) is 1.21. The fourth-order valence-corrected chi connectivity index (χ4v) is 1.70. The van der Waals surface area contributed by atoms with Gasteiger partial charge in [0.2, 0.25) is 0 Å². The summed E-state index contributed by atoms with van der Waals surface area (Å²) in [5.41, 5.74) is 0.983. The number of allylic oxidation sites excluding steroid dienone is 1. The van der Waals surface area contributed by atoms with Crippen LogP contribution in [0.2, 0.25) is 5.02 Å². The van der Waals surface area contributed by atoms with Gasteiger partial charge in [-0.2, -0.15) is 0 Å². The first kappa shape index (κ1) is 12.4. The van der Waals surface area contributed by atoms with Crippen LogP contribution in [-0.4, -0.2) is 19.5 Å². The lowest BCUT2D eigenvalue weighted by atomic mass is 10.2. The first-order valence-electron chi connectivity index (χ1n) is 4.37. The third-order valence-electron chi connectivity index (χ3n) is 1.86. The summed E-state index contributed by atoms with van der Waals surface area (Å²) in [7, 11) is 3.16. The molecule has 2 nitrogen and oxygen atoms in total. The van der Waals surface area contributed by atoms with Gasteiger partial charge in [0.05, 0.1) is 19.2 Å². The standard InChI is InChI=1S/C11H12BrClO2/c1-14-10-7-8(4-3-5-12)6-9(13)11(10)15-2/h3-4,6-7H,5H2,1-2H3. The minimum atomic E-state index is 0.547. The molecule has 0 bridgehead atoms. The highest BCUT2D eigenvalue weighted by Gasteiger charge is 2.09.